The fourth-order valence-electron chi connectivity index (χ4n) is 6.90. The van der Waals surface area contributed by atoms with Crippen LogP contribution < -0.4 is 0 Å². The molecule has 2 atom stereocenters. The summed E-state index contributed by atoms with van der Waals surface area (Å²) in [6.45, 7) is 4.44. The molecule has 0 saturated heterocycles. The third-order valence-corrected chi connectivity index (χ3v) is 11.6. The number of esters is 2. The van der Waals surface area contributed by atoms with Crippen molar-refractivity contribution in [3.63, 3.8) is 0 Å². The molecular formula is C46H93NO8P+. The predicted molar refractivity (Wildman–Crippen MR) is 234 cm³/mol. The van der Waals surface area contributed by atoms with Crippen molar-refractivity contribution < 1.29 is 42.1 Å². The number of likely N-dealkylation sites (N-methyl/N-ethyl adjacent to an activating group) is 1. The summed E-state index contributed by atoms with van der Waals surface area (Å²) in [6, 6.07) is 0. The highest BCUT2D eigenvalue weighted by molar-refractivity contribution is 7.47. The monoisotopic (exact) mass is 819 g/mol. The van der Waals surface area contributed by atoms with Gasteiger partial charge in [0.25, 0.3) is 0 Å². The average molecular weight is 819 g/mol. The lowest BCUT2D eigenvalue weighted by Crippen LogP contribution is -2.37. The van der Waals surface area contributed by atoms with E-state index in [4.69, 9.17) is 18.5 Å². The summed E-state index contributed by atoms with van der Waals surface area (Å²) >= 11 is 0. The van der Waals surface area contributed by atoms with Crippen LogP contribution in [0.4, 0.5) is 0 Å². The number of carbonyl (C=O) groups excluding carboxylic acids is 2. The van der Waals surface area contributed by atoms with E-state index in [0.29, 0.717) is 17.4 Å². The number of rotatable bonds is 44. The van der Waals surface area contributed by atoms with Crippen molar-refractivity contribution in [2.75, 3.05) is 47.5 Å². The molecule has 1 N–H and O–H groups in total. The first-order valence-electron chi connectivity index (χ1n) is 23.8. The van der Waals surface area contributed by atoms with Crippen LogP contribution in [0.1, 0.15) is 232 Å². The topological polar surface area (TPSA) is 108 Å². The van der Waals surface area contributed by atoms with Crippen LogP contribution in [0, 0.1) is 0 Å². The van der Waals surface area contributed by atoms with Crippen LogP contribution in [-0.2, 0) is 32.7 Å². The highest BCUT2D eigenvalue weighted by atomic mass is 31.2. The predicted octanol–water partition coefficient (Wildman–Crippen LogP) is 13.6. The molecule has 0 spiro atoms. The van der Waals surface area contributed by atoms with E-state index in [1.54, 1.807) is 0 Å². The molecule has 0 heterocycles. The number of unbranched alkanes of at least 4 members (excludes halogenated alkanes) is 30. The molecule has 0 aromatic carbocycles. The molecule has 9 nitrogen and oxygen atoms in total. The van der Waals surface area contributed by atoms with E-state index in [0.717, 1.165) is 38.5 Å². The molecule has 10 heteroatoms. The Bertz CT molecular complexity index is 927. The molecule has 334 valence electrons. The molecule has 56 heavy (non-hydrogen) atoms. The summed E-state index contributed by atoms with van der Waals surface area (Å²) in [5.41, 5.74) is 0. The molecule has 0 aromatic heterocycles. The first-order chi connectivity index (χ1) is 27.0. The quantitative estimate of drug-likeness (QED) is 0.0280. The molecule has 0 bridgehead atoms. The van der Waals surface area contributed by atoms with Crippen LogP contribution in [0.2, 0.25) is 0 Å². The lowest BCUT2D eigenvalue weighted by Gasteiger charge is -2.24. The van der Waals surface area contributed by atoms with Crippen LogP contribution >= 0.6 is 7.82 Å². The van der Waals surface area contributed by atoms with Gasteiger partial charge in [-0.15, -0.1) is 0 Å². The minimum atomic E-state index is -4.36. The van der Waals surface area contributed by atoms with Crippen LogP contribution in [0.15, 0.2) is 0 Å². The Kier molecular flexibility index (Phi) is 38.8. The van der Waals surface area contributed by atoms with Crippen molar-refractivity contribution >= 4 is 19.8 Å². The van der Waals surface area contributed by atoms with Crippen LogP contribution in [0.25, 0.3) is 0 Å². The zero-order chi connectivity index (χ0) is 41.4. The number of carbonyl (C=O) groups is 2. The van der Waals surface area contributed by atoms with Crippen molar-refractivity contribution in [1.82, 2.24) is 0 Å². The SMILES string of the molecule is CCCCCCCCCCCCCCCCCCCCCCCCCC(=O)OC(COC(=O)CCCCCCCCCCC)COP(=O)(O)OCC[N+](C)(C)C. The van der Waals surface area contributed by atoms with E-state index < -0.39 is 26.5 Å². The second kappa shape index (κ2) is 39.5. The van der Waals surface area contributed by atoms with Gasteiger partial charge in [0.1, 0.15) is 19.8 Å². The molecule has 0 aromatic rings. The van der Waals surface area contributed by atoms with Gasteiger partial charge in [-0.1, -0.05) is 206 Å². The number of quaternary nitrogens is 1. The number of hydrogen-bond donors (Lipinski definition) is 1. The van der Waals surface area contributed by atoms with Gasteiger partial charge in [-0.25, -0.2) is 4.57 Å². The van der Waals surface area contributed by atoms with Crippen LogP contribution in [-0.4, -0.2) is 74.9 Å². The summed E-state index contributed by atoms with van der Waals surface area (Å²) < 4.78 is 34.3. The summed E-state index contributed by atoms with van der Waals surface area (Å²) in [5.74, 6) is -0.786. The van der Waals surface area contributed by atoms with E-state index in [2.05, 4.69) is 13.8 Å². The second-order valence-corrected chi connectivity index (χ2v) is 19.0. The van der Waals surface area contributed by atoms with Gasteiger partial charge < -0.3 is 18.9 Å². The van der Waals surface area contributed by atoms with Gasteiger partial charge >= 0.3 is 19.8 Å². The minimum Gasteiger partial charge on any atom is -0.462 e. The Morgan fingerprint density at radius 3 is 1.14 bits per heavy atom. The fourth-order valence-corrected chi connectivity index (χ4v) is 7.64. The third kappa shape index (κ3) is 42.6. The van der Waals surface area contributed by atoms with Gasteiger partial charge in [0.15, 0.2) is 6.10 Å². The number of phosphoric ester groups is 1. The van der Waals surface area contributed by atoms with Gasteiger partial charge in [-0.3, -0.25) is 18.6 Å². The summed E-state index contributed by atoms with van der Waals surface area (Å²) in [4.78, 5) is 35.3. The van der Waals surface area contributed by atoms with Crippen LogP contribution in [0.3, 0.4) is 0 Å². The van der Waals surface area contributed by atoms with E-state index in [-0.39, 0.29) is 25.6 Å². The zero-order valence-electron chi connectivity index (χ0n) is 37.6. The van der Waals surface area contributed by atoms with Crippen molar-refractivity contribution in [2.24, 2.45) is 0 Å². The van der Waals surface area contributed by atoms with E-state index >= 15 is 0 Å². The largest absolute Gasteiger partial charge is 0.472 e. The molecule has 0 rings (SSSR count). The Hall–Kier alpha value is -0.990. The first kappa shape index (κ1) is 55.0. The van der Waals surface area contributed by atoms with Crippen LogP contribution in [0.5, 0.6) is 0 Å². The van der Waals surface area contributed by atoms with Gasteiger partial charge in [-0.2, -0.15) is 0 Å². The first-order valence-corrected chi connectivity index (χ1v) is 25.3. The maximum absolute atomic E-state index is 12.7. The molecule has 0 aliphatic carbocycles. The molecule has 0 saturated carbocycles. The molecule has 0 amide bonds. The molecule has 0 fully saturated rings. The summed E-state index contributed by atoms with van der Waals surface area (Å²) in [7, 11) is 1.49. The van der Waals surface area contributed by atoms with Gasteiger partial charge in [-0.05, 0) is 12.8 Å². The lowest BCUT2D eigenvalue weighted by molar-refractivity contribution is -0.870. The van der Waals surface area contributed by atoms with Gasteiger partial charge in [0.05, 0.1) is 27.7 Å². The van der Waals surface area contributed by atoms with Crippen molar-refractivity contribution in [3.8, 4) is 0 Å². The highest BCUT2D eigenvalue weighted by Crippen LogP contribution is 2.43. The van der Waals surface area contributed by atoms with Gasteiger partial charge in [0.2, 0.25) is 0 Å². The van der Waals surface area contributed by atoms with Gasteiger partial charge in [0, 0.05) is 12.8 Å². The minimum absolute atomic E-state index is 0.0367. The Balaban J connectivity index is 4.12. The van der Waals surface area contributed by atoms with Crippen molar-refractivity contribution in [2.45, 2.75) is 238 Å². The number of ether oxygens (including phenoxy) is 2. The van der Waals surface area contributed by atoms with E-state index in [1.165, 1.54) is 167 Å². The molecule has 0 aliphatic rings. The number of phosphoric acid groups is 1. The smallest absolute Gasteiger partial charge is 0.462 e. The highest BCUT2D eigenvalue weighted by Gasteiger charge is 2.27. The summed E-state index contributed by atoms with van der Waals surface area (Å²) in [6.07, 6.45) is 40.2. The van der Waals surface area contributed by atoms with Crippen molar-refractivity contribution in [1.29, 1.82) is 0 Å². The standard InChI is InChI=1S/C46H92NO8P/c1-6-8-10-12-14-16-17-18-19-20-21-22-23-24-25-26-27-28-29-31-33-35-37-39-46(49)55-44(43-54-56(50,51)53-41-40-47(3,4)5)42-52-45(48)38-36-34-32-30-15-13-11-9-7-2/h44H,6-43H2,1-5H3/p+1. The lowest BCUT2D eigenvalue weighted by atomic mass is 10.0. The molecular weight excluding hydrogens is 725 g/mol. The average Bonchev–Trinajstić information content (AvgIpc) is 3.15. The number of nitrogens with zero attached hydrogens (tertiary/aromatic N) is 1. The Morgan fingerprint density at radius 1 is 0.482 bits per heavy atom. The Labute approximate surface area is 346 Å². The maximum Gasteiger partial charge on any atom is 0.472 e. The normalized spacial score (nSPS) is 13.5. The molecule has 0 radical (unpaired) electrons. The third-order valence-electron chi connectivity index (χ3n) is 10.6. The molecule has 0 aliphatic heterocycles. The molecule has 2 unspecified atom stereocenters. The van der Waals surface area contributed by atoms with E-state index in [9.17, 15) is 19.0 Å². The van der Waals surface area contributed by atoms with Crippen molar-refractivity contribution in [3.05, 3.63) is 0 Å². The Morgan fingerprint density at radius 2 is 0.804 bits per heavy atom. The zero-order valence-corrected chi connectivity index (χ0v) is 38.5. The maximum atomic E-state index is 12.7. The summed E-state index contributed by atoms with van der Waals surface area (Å²) in [5, 5.41) is 0. The fraction of sp³-hybridized carbons (Fsp3) is 0.957. The number of hydrogen-bond acceptors (Lipinski definition) is 7. The van der Waals surface area contributed by atoms with E-state index in [1.807, 2.05) is 21.1 Å². The second-order valence-electron chi connectivity index (χ2n) is 17.5.